The summed E-state index contributed by atoms with van der Waals surface area (Å²) in [5, 5.41) is 2.72. The molecule has 170 valence electrons. The highest BCUT2D eigenvalue weighted by molar-refractivity contribution is 6.01. The molecule has 1 aliphatic heterocycles. The number of hydrogen-bond donors (Lipinski definition) is 1. The monoisotopic (exact) mass is 440 g/mol. The predicted molar refractivity (Wildman–Crippen MR) is 117 cm³/mol. The lowest BCUT2D eigenvalue weighted by Crippen LogP contribution is -2.57. The van der Waals surface area contributed by atoms with Crippen LogP contribution in [-0.4, -0.2) is 68.7 Å². The Bertz CT molecular complexity index is 918. The smallest absolute Gasteiger partial charge is 0.308 e. The molecule has 1 heterocycles. The van der Waals surface area contributed by atoms with Gasteiger partial charge in [0.25, 0.3) is 5.91 Å². The van der Waals surface area contributed by atoms with Crippen molar-refractivity contribution in [1.82, 2.24) is 10.2 Å². The van der Waals surface area contributed by atoms with Crippen molar-refractivity contribution in [3.8, 4) is 5.75 Å². The van der Waals surface area contributed by atoms with Gasteiger partial charge in [-0.1, -0.05) is 42.5 Å². The van der Waals surface area contributed by atoms with Gasteiger partial charge in [0.15, 0.2) is 0 Å². The van der Waals surface area contributed by atoms with E-state index in [0.29, 0.717) is 44.0 Å². The Kier molecular flexibility index (Phi) is 8.62. The molecule has 1 aliphatic rings. The van der Waals surface area contributed by atoms with Gasteiger partial charge < -0.3 is 24.4 Å². The maximum absolute atomic E-state index is 13.3. The third-order valence-corrected chi connectivity index (χ3v) is 5.11. The summed E-state index contributed by atoms with van der Waals surface area (Å²) in [5.41, 5.74) is 1.39. The topological polar surface area (TPSA) is 94.2 Å². The summed E-state index contributed by atoms with van der Waals surface area (Å²) < 4.78 is 16.0. The lowest BCUT2D eigenvalue weighted by molar-refractivity contribution is -0.147. The number of piperazine rings is 1. The minimum absolute atomic E-state index is 0.209. The molecule has 0 radical (unpaired) electrons. The van der Waals surface area contributed by atoms with E-state index in [4.69, 9.17) is 14.2 Å². The highest BCUT2D eigenvalue weighted by atomic mass is 16.5. The number of carbonyl (C=O) groups excluding carboxylic acids is 3. The van der Waals surface area contributed by atoms with Crippen molar-refractivity contribution in [2.24, 2.45) is 0 Å². The van der Waals surface area contributed by atoms with E-state index in [1.165, 1.54) is 4.90 Å². The van der Waals surface area contributed by atoms with E-state index < -0.39 is 12.0 Å². The number of carbonyl (C=O) groups is 3. The van der Waals surface area contributed by atoms with Crippen molar-refractivity contribution in [2.45, 2.75) is 18.9 Å². The second-order valence-electron chi connectivity index (χ2n) is 7.30. The molecule has 1 atom stereocenters. The van der Waals surface area contributed by atoms with Crippen molar-refractivity contribution in [1.29, 1.82) is 0 Å². The number of rotatable bonds is 10. The summed E-state index contributed by atoms with van der Waals surface area (Å²) in [4.78, 5) is 39.6. The summed E-state index contributed by atoms with van der Waals surface area (Å²) in [7, 11) is 1.57. The highest BCUT2D eigenvalue weighted by Crippen LogP contribution is 2.23. The average Bonchev–Trinajstić information content (AvgIpc) is 2.81. The number of nitrogens with one attached hydrogen (secondary N) is 1. The van der Waals surface area contributed by atoms with E-state index in [1.54, 1.807) is 31.4 Å². The Balaban J connectivity index is 1.64. The van der Waals surface area contributed by atoms with Crippen molar-refractivity contribution in [3.05, 3.63) is 65.7 Å². The van der Waals surface area contributed by atoms with Gasteiger partial charge in [0.1, 0.15) is 18.4 Å². The SMILES string of the molecule is COCCOc1ccccc1C(=O)N1CCNC(=O)C1CC(=O)OCCc1ccccc1. The standard InChI is InChI=1S/C24H28N2O6/c1-30-15-16-31-21-10-6-5-9-19(21)24(29)26-13-12-25-23(28)20(26)17-22(27)32-14-11-18-7-3-2-4-8-18/h2-10,20H,11-17H2,1H3,(H,25,28). The molecule has 1 saturated heterocycles. The molecule has 0 aromatic heterocycles. The van der Waals surface area contributed by atoms with E-state index in [0.717, 1.165) is 5.56 Å². The zero-order chi connectivity index (χ0) is 22.8. The molecule has 8 nitrogen and oxygen atoms in total. The first-order valence-corrected chi connectivity index (χ1v) is 10.6. The number of amides is 2. The summed E-state index contributed by atoms with van der Waals surface area (Å²) in [6.45, 7) is 1.49. The molecule has 0 spiro atoms. The largest absolute Gasteiger partial charge is 0.490 e. The van der Waals surface area contributed by atoms with E-state index in [2.05, 4.69) is 5.32 Å². The van der Waals surface area contributed by atoms with Gasteiger partial charge in [0.2, 0.25) is 5.91 Å². The first-order chi connectivity index (χ1) is 15.6. The molecule has 0 aliphatic carbocycles. The van der Waals surface area contributed by atoms with Crippen LogP contribution >= 0.6 is 0 Å². The molecule has 2 aromatic rings. The number of nitrogens with zero attached hydrogens (tertiary/aromatic N) is 1. The fraction of sp³-hybridized carbons (Fsp3) is 0.375. The third kappa shape index (κ3) is 6.31. The van der Waals surface area contributed by atoms with Gasteiger partial charge in [0, 0.05) is 26.6 Å². The first kappa shape index (κ1) is 23.3. The maximum atomic E-state index is 13.3. The average molecular weight is 440 g/mol. The summed E-state index contributed by atoms with van der Waals surface area (Å²) >= 11 is 0. The molecule has 1 N–H and O–H groups in total. The molecule has 0 bridgehead atoms. The zero-order valence-electron chi connectivity index (χ0n) is 18.1. The summed E-state index contributed by atoms with van der Waals surface area (Å²) in [5.74, 6) is -0.854. The van der Waals surface area contributed by atoms with Gasteiger partial charge in [-0.25, -0.2) is 0 Å². The molecular weight excluding hydrogens is 412 g/mol. The molecule has 3 rings (SSSR count). The summed E-state index contributed by atoms with van der Waals surface area (Å²) in [6, 6.07) is 15.6. The van der Waals surface area contributed by atoms with Gasteiger partial charge in [0.05, 0.1) is 25.2 Å². The minimum Gasteiger partial charge on any atom is -0.490 e. The van der Waals surface area contributed by atoms with Gasteiger partial charge in [-0.05, 0) is 17.7 Å². The van der Waals surface area contributed by atoms with Crippen LogP contribution in [0, 0.1) is 0 Å². The van der Waals surface area contributed by atoms with Crippen LogP contribution in [0.1, 0.15) is 22.3 Å². The summed E-state index contributed by atoms with van der Waals surface area (Å²) in [6.07, 6.45) is 0.372. The quantitative estimate of drug-likeness (QED) is 0.448. The van der Waals surface area contributed by atoms with E-state index in [-0.39, 0.29) is 24.8 Å². The van der Waals surface area contributed by atoms with Crippen molar-refractivity contribution in [2.75, 3.05) is 40.0 Å². The predicted octanol–water partition coefficient (Wildman–Crippen LogP) is 1.83. The van der Waals surface area contributed by atoms with Gasteiger partial charge in [-0.2, -0.15) is 0 Å². The molecule has 2 aromatic carbocycles. The molecular formula is C24H28N2O6. The Morgan fingerprint density at radius 3 is 2.56 bits per heavy atom. The van der Waals surface area contributed by atoms with Crippen LogP contribution in [0.25, 0.3) is 0 Å². The molecule has 8 heteroatoms. The van der Waals surface area contributed by atoms with E-state index in [9.17, 15) is 14.4 Å². The number of esters is 1. The van der Waals surface area contributed by atoms with Crippen LogP contribution in [0.2, 0.25) is 0 Å². The number of para-hydroxylation sites is 1. The second kappa shape index (κ2) is 11.9. The molecule has 0 saturated carbocycles. The van der Waals surface area contributed by atoms with Gasteiger partial charge in [-0.3, -0.25) is 14.4 Å². The maximum Gasteiger partial charge on any atom is 0.308 e. The normalized spacial score (nSPS) is 15.7. The number of methoxy groups -OCH3 is 1. The number of benzene rings is 2. The molecule has 2 amide bonds. The minimum atomic E-state index is -0.937. The zero-order valence-corrected chi connectivity index (χ0v) is 18.1. The first-order valence-electron chi connectivity index (χ1n) is 10.6. The molecule has 1 unspecified atom stereocenters. The van der Waals surface area contributed by atoms with E-state index >= 15 is 0 Å². The fourth-order valence-electron chi connectivity index (χ4n) is 3.46. The highest BCUT2D eigenvalue weighted by Gasteiger charge is 2.36. The Hall–Kier alpha value is -3.39. The second-order valence-corrected chi connectivity index (χ2v) is 7.30. The number of ether oxygens (including phenoxy) is 3. The van der Waals surface area contributed by atoms with Gasteiger partial charge in [-0.15, -0.1) is 0 Å². The Morgan fingerprint density at radius 1 is 1.03 bits per heavy atom. The van der Waals surface area contributed by atoms with Gasteiger partial charge >= 0.3 is 5.97 Å². The third-order valence-electron chi connectivity index (χ3n) is 5.11. The van der Waals surface area contributed by atoms with Crippen LogP contribution in [0.4, 0.5) is 0 Å². The lowest BCUT2D eigenvalue weighted by Gasteiger charge is -2.34. The fourth-order valence-corrected chi connectivity index (χ4v) is 3.46. The van der Waals surface area contributed by atoms with Crippen LogP contribution in [0.5, 0.6) is 5.75 Å². The van der Waals surface area contributed by atoms with Crippen LogP contribution in [-0.2, 0) is 25.5 Å². The Morgan fingerprint density at radius 2 is 1.78 bits per heavy atom. The van der Waals surface area contributed by atoms with Crippen LogP contribution in [0.15, 0.2) is 54.6 Å². The lowest BCUT2D eigenvalue weighted by atomic mass is 10.1. The molecule has 1 fully saturated rings. The van der Waals surface area contributed by atoms with Crippen LogP contribution in [0.3, 0.4) is 0 Å². The Labute approximate surface area is 187 Å². The van der Waals surface area contributed by atoms with Crippen LogP contribution < -0.4 is 10.1 Å². The molecule has 32 heavy (non-hydrogen) atoms. The van der Waals surface area contributed by atoms with Crippen molar-refractivity contribution >= 4 is 17.8 Å². The van der Waals surface area contributed by atoms with Crippen molar-refractivity contribution in [3.63, 3.8) is 0 Å². The van der Waals surface area contributed by atoms with Crippen molar-refractivity contribution < 1.29 is 28.6 Å². The number of hydrogen-bond acceptors (Lipinski definition) is 6. The van der Waals surface area contributed by atoms with E-state index in [1.807, 2.05) is 30.3 Å².